The number of rotatable bonds is 1. The molecule has 2 N–H and O–H groups in total. The van der Waals surface area contributed by atoms with Crippen LogP contribution in [0.1, 0.15) is 30.9 Å². The first-order valence-corrected chi connectivity index (χ1v) is 6.05. The van der Waals surface area contributed by atoms with Crippen LogP contribution in [-0.4, -0.2) is 4.98 Å². The molecule has 0 bridgehead atoms. The molecule has 4 heteroatoms. The van der Waals surface area contributed by atoms with Gasteiger partial charge in [-0.05, 0) is 30.0 Å². The van der Waals surface area contributed by atoms with Crippen LogP contribution in [-0.2, 0) is 0 Å². The summed E-state index contributed by atoms with van der Waals surface area (Å²) in [6, 6.07) is 1.95. The highest BCUT2D eigenvalue weighted by molar-refractivity contribution is 7.22. The summed E-state index contributed by atoms with van der Waals surface area (Å²) >= 11 is 7.67. The van der Waals surface area contributed by atoms with Gasteiger partial charge in [-0.3, -0.25) is 0 Å². The molecule has 1 heterocycles. The number of fused-ring (bicyclic) bond motifs is 1. The number of aromatic nitrogens is 1. The predicted molar refractivity (Wildman–Crippen MR) is 67.9 cm³/mol. The summed E-state index contributed by atoms with van der Waals surface area (Å²) in [7, 11) is 0. The van der Waals surface area contributed by atoms with E-state index in [1.54, 1.807) is 0 Å². The van der Waals surface area contributed by atoms with E-state index < -0.39 is 0 Å². The van der Waals surface area contributed by atoms with Crippen molar-refractivity contribution in [2.75, 3.05) is 5.73 Å². The van der Waals surface area contributed by atoms with Gasteiger partial charge in [0.25, 0.3) is 0 Å². The monoisotopic (exact) mass is 240 g/mol. The molecule has 0 unspecified atom stereocenters. The maximum atomic E-state index is 6.18. The molecule has 80 valence electrons. The van der Waals surface area contributed by atoms with Gasteiger partial charge in [-0.25, -0.2) is 4.98 Å². The number of anilines is 1. The van der Waals surface area contributed by atoms with E-state index in [1.807, 2.05) is 13.0 Å². The molecule has 0 fully saturated rings. The number of thiazole rings is 1. The Morgan fingerprint density at radius 1 is 1.47 bits per heavy atom. The van der Waals surface area contributed by atoms with Gasteiger partial charge in [0.1, 0.15) is 0 Å². The fourth-order valence-corrected chi connectivity index (χ4v) is 2.94. The molecule has 0 atom stereocenters. The van der Waals surface area contributed by atoms with E-state index in [0.717, 1.165) is 20.8 Å². The maximum absolute atomic E-state index is 6.18. The quantitative estimate of drug-likeness (QED) is 0.819. The van der Waals surface area contributed by atoms with Crippen molar-refractivity contribution in [1.29, 1.82) is 0 Å². The second-order valence-electron chi connectivity index (χ2n) is 3.95. The Bertz CT molecular complexity index is 517. The van der Waals surface area contributed by atoms with E-state index in [2.05, 4.69) is 18.8 Å². The van der Waals surface area contributed by atoms with Crippen LogP contribution in [0.4, 0.5) is 5.13 Å². The molecule has 0 spiro atoms. The Morgan fingerprint density at radius 3 is 2.73 bits per heavy atom. The molecule has 2 rings (SSSR count). The van der Waals surface area contributed by atoms with Gasteiger partial charge >= 0.3 is 0 Å². The maximum Gasteiger partial charge on any atom is 0.181 e. The molecule has 0 amide bonds. The molecule has 0 saturated carbocycles. The van der Waals surface area contributed by atoms with Gasteiger partial charge in [0.15, 0.2) is 5.13 Å². The number of nitrogens with zero attached hydrogens (tertiary/aromatic N) is 1. The largest absolute Gasteiger partial charge is 0.375 e. The van der Waals surface area contributed by atoms with Crippen LogP contribution in [0.5, 0.6) is 0 Å². The summed E-state index contributed by atoms with van der Waals surface area (Å²) < 4.78 is 1.08. The van der Waals surface area contributed by atoms with Crippen LogP contribution in [0, 0.1) is 6.92 Å². The molecule has 0 aliphatic heterocycles. The minimum atomic E-state index is 0.410. The Morgan fingerprint density at radius 2 is 2.13 bits per heavy atom. The molecule has 2 nitrogen and oxygen atoms in total. The highest BCUT2D eigenvalue weighted by Gasteiger charge is 2.15. The summed E-state index contributed by atoms with van der Waals surface area (Å²) in [5.41, 5.74) is 9.06. The van der Waals surface area contributed by atoms with Gasteiger partial charge in [-0.1, -0.05) is 36.8 Å². The number of benzene rings is 1. The summed E-state index contributed by atoms with van der Waals surface area (Å²) in [6.07, 6.45) is 0. The van der Waals surface area contributed by atoms with Gasteiger partial charge in [0.2, 0.25) is 0 Å². The molecule has 0 aliphatic rings. The zero-order valence-electron chi connectivity index (χ0n) is 8.97. The Kier molecular flexibility index (Phi) is 2.61. The van der Waals surface area contributed by atoms with E-state index in [1.165, 1.54) is 16.9 Å². The molecule has 2 aromatic rings. The van der Waals surface area contributed by atoms with Crippen LogP contribution < -0.4 is 5.73 Å². The summed E-state index contributed by atoms with van der Waals surface area (Å²) in [5, 5.41) is 1.41. The SMILES string of the molecule is Cc1c(Cl)cc2sc(N)nc2c1C(C)C. The van der Waals surface area contributed by atoms with Crippen molar-refractivity contribution < 1.29 is 0 Å². The van der Waals surface area contributed by atoms with Gasteiger partial charge < -0.3 is 5.73 Å². The fraction of sp³-hybridized carbons (Fsp3) is 0.364. The first kappa shape index (κ1) is 10.7. The highest BCUT2D eigenvalue weighted by Crippen LogP contribution is 2.36. The third kappa shape index (κ3) is 1.70. The zero-order valence-corrected chi connectivity index (χ0v) is 10.5. The number of nitrogen functional groups attached to an aromatic ring is 1. The molecule has 0 radical (unpaired) electrons. The average molecular weight is 241 g/mol. The number of halogens is 1. The van der Waals surface area contributed by atoms with Gasteiger partial charge in [-0.2, -0.15) is 0 Å². The Labute approximate surface area is 98.1 Å². The Balaban J connectivity index is 2.88. The molecule has 15 heavy (non-hydrogen) atoms. The van der Waals surface area contributed by atoms with Crippen LogP contribution in [0.25, 0.3) is 10.2 Å². The predicted octanol–water partition coefficient (Wildman–Crippen LogP) is 3.96. The fourth-order valence-electron chi connectivity index (χ4n) is 1.88. The topological polar surface area (TPSA) is 38.9 Å². The number of hydrogen-bond donors (Lipinski definition) is 1. The van der Waals surface area contributed by atoms with Gasteiger partial charge in [0, 0.05) is 5.02 Å². The summed E-state index contributed by atoms with van der Waals surface area (Å²) in [6.45, 7) is 6.33. The van der Waals surface area contributed by atoms with Crippen LogP contribution in [0.2, 0.25) is 5.02 Å². The van der Waals surface area contributed by atoms with Crippen molar-refractivity contribution >= 4 is 38.3 Å². The molecule has 1 aromatic heterocycles. The van der Waals surface area contributed by atoms with E-state index in [0.29, 0.717) is 11.0 Å². The first-order chi connectivity index (χ1) is 7.00. The smallest absolute Gasteiger partial charge is 0.181 e. The lowest BCUT2D eigenvalue weighted by Gasteiger charge is -2.11. The van der Waals surface area contributed by atoms with Crippen molar-refractivity contribution in [1.82, 2.24) is 4.98 Å². The van der Waals surface area contributed by atoms with Crippen molar-refractivity contribution in [3.05, 3.63) is 22.2 Å². The standard InChI is InChI=1S/C11H13ClN2S/c1-5(2)9-6(3)7(12)4-8-10(9)14-11(13)15-8/h4-5H,1-3H3,(H2,13,14). The lowest BCUT2D eigenvalue weighted by atomic mass is 9.97. The minimum Gasteiger partial charge on any atom is -0.375 e. The summed E-state index contributed by atoms with van der Waals surface area (Å²) in [4.78, 5) is 4.37. The van der Waals surface area contributed by atoms with Crippen molar-refractivity contribution in [3.63, 3.8) is 0 Å². The van der Waals surface area contributed by atoms with Crippen LogP contribution in [0.3, 0.4) is 0 Å². The minimum absolute atomic E-state index is 0.410. The van der Waals surface area contributed by atoms with Gasteiger partial charge in [-0.15, -0.1) is 0 Å². The second kappa shape index (κ2) is 3.65. The molecule has 1 aromatic carbocycles. The first-order valence-electron chi connectivity index (χ1n) is 4.85. The highest BCUT2D eigenvalue weighted by atomic mass is 35.5. The lowest BCUT2D eigenvalue weighted by Crippen LogP contribution is -1.95. The van der Waals surface area contributed by atoms with Crippen molar-refractivity contribution in [2.24, 2.45) is 0 Å². The third-order valence-corrected chi connectivity index (χ3v) is 3.75. The second-order valence-corrected chi connectivity index (χ2v) is 5.42. The Hall–Kier alpha value is -0.800. The number of hydrogen-bond acceptors (Lipinski definition) is 3. The van der Waals surface area contributed by atoms with E-state index >= 15 is 0 Å². The van der Waals surface area contributed by atoms with E-state index in [-0.39, 0.29) is 0 Å². The number of nitrogens with two attached hydrogens (primary N) is 1. The van der Waals surface area contributed by atoms with E-state index in [4.69, 9.17) is 17.3 Å². The third-order valence-electron chi connectivity index (χ3n) is 2.52. The molecular formula is C11H13ClN2S. The van der Waals surface area contributed by atoms with Crippen LogP contribution >= 0.6 is 22.9 Å². The zero-order chi connectivity index (χ0) is 11.2. The molecular weight excluding hydrogens is 228 g/mol. The lowest BCUT2D eigenvalue weighted by molar-refractivity contribution is 0.864. The molecule has 0 saturated heterocycles. The van der Waals surface area contributed by atoms with Crippen molar-refractivity contribution in [2.45, 2.75) is 26.7 Å². The van der Waals surface area contributed by atoms with Crippen LogP contribution in [0.15, 0.2) is 6.07 Å². The van der Waals surface area contributed by atoms with Gasteiger partial charge in [0.05, 0.1) is 10.2 Å². The van der Waals surface area contributed by atoms with E-state index in [9.17, 15) is 0 Å². The molecule has 0 aliphatic carbocycles. The summed E-state index contributed by atoms with van der Waals surface area (Å²) in [5.74, 6) is 0.410. The van der Waals surface area contributed by atoms with Crippen molar-refractivity contribution in [3.8, 4) is 0 Å². The average Bonchev–Trinajstić information content (AvgIpc) is 2.46. The normalized spacial score (nSPS) is 11.5.